The summed E-state index contributed by atoms with van der Waals surface area (Å²) in [5, 5.41) is 0.830. The van der Waals surface area contributed by atoms with Gasteiger partial charge in [0.15, 0.2) is 0 Å². The van der Waals surface area contributed by atoms with Gasteiger partial charge >= 0.3 is 0 Å². The van der Waals surface area contributed by atoms with Gasteiger partial charge in [-0.3, -0.25) is 9.59 Å². The molecule has 2 aromatic rings. The fourth-order valence-electron chi connectivity index (χ4n) is 2.70. The van der Waals surface area contributed by atoms with Crippen molar-refractivity contribution in [1.82, 2.24) is 9.88 Å². The lowest BCUT2D eigenvalue weighted by molar-refractivity contribution is 0.0794. The first-order valence-electron chi connectivity index (χ1n) is 6.59. The van der Waals surface area contributed by atoms with Crippen LogP contribution < -0.4 is 5.56 Å². The molecule has 2 heterocycles. The van der Waals surface area contributed by atoms with Gasteiger partial charge < -0.3 is 9.88 Å². The number of nitrogens with zero attached hydrogens (tertiary/aromatic N) is 1. The molecule has 0 saturated carbocycles. The maximum absolute atomic E-state index is 12.6. The second-order valence-corrected chi connectivity index (χ2v) is 5.00. The first-order chi connectivity index (χ1) is 9.18. The number of H-pyrrole nitrogens is 1. The molecule has 1 aliphatic heterocycles. The molecule has 4 heteroatoms. The van der Waals surface area contributed by atoms with Gasteiger partial charge in [0.1, 0.15) is 0 Å². The van der Waals surface area contributed by atoms with Crippen LogP contribution in [0.15, 0.2) is 29.1 Å². The van der Waals surface area contributed by atoms with Gasteiger partial charge in [0.2, 0.25) is 0 Å². The molecule has 1 amide bonds. The number of aromatic amines is 1. The summed E-state index contributed by atoms with van der Waals surface area (Å²) >= 11 is 0. The fraction of sp³-hybridized carbons (Fsp3) is 0.333. The van der Waals surface area contributed by atoms with Crippen molar-refractivity contribution in [2.24, 2.45) is 0 Å². The van der Waals surface area contributed by atoms with Crippen LogP contribution in [-0.2, 0) is 0 Å². The average molecular weight is 256 g/mol. The van der Waals surface area contributed by atoms with E-state index in [0.717, 1.165) is 36.8 Å². The largest absolute Gasteiger partial charge is 0.339 e. The Hall–Kier alpha value is -2.10. The third-order valence-corrected chi connectivity index (χ3v) is 3.77. The van der Waals surface area contributed by atoms with Crippen molar-refractivity contribution in [1.29, 1.82) is 0 Å². The first kappa shape index (κ1) is 12.0. The van der Waals surface area contributed by atoms with E-state index in [4.69, 9.17) is 0 Å². The van der Waals surface area contributed by atoms with E-state index in [9.17, 15) is 9.59 Å². The molecule has 1 saturated heterocycles. The van der Waals surface area contributed by atoms with Crippen molar-refractivity contribution in [2.45, 2.75) is 19.8 Å². The Balaban J connectivity index is 2.23. The molecule has 1 aromatic carbocycles. The van der Waals surface area contributed by atoms with Crippen LogP contribution in [0, 0.1) is 6.92 Å². The third kappa shape index (κ3) is 1.93. The van der Waals surface area contributed by atoms with Gasteiger partial charge in [-0.25, -0.2) is 0 Å². The van der Waals surface area contributed by atoms with Gasteiger partial charge in [-0.05, 0) is 25.8 Å². The second-order valence-electron chi connectivity index (χ2n) is 5.00. The van der Waals surface area contributed by atoms with Crippen molar-refractivity contribution in [2.75, 3.05) is 13.1 Å². The molecule has 0 aliphatic carbocycles. The number of para-hydroxylation sites is 1. The van der Waals surface area contributed by atoms with E-state index in [1.54, 1.807) is 6.92 Å². The summed E-state index contributed by atoms with van der Waals surface area (Å²) in [5.74, 6) is -0.0164. The highest BCUT2D eigenvalue weighted by Gasteiger charge is 2.23. The minimum atomic E-state index is -0.179. The highest BCUT2D eigenvalue weighted by Crippen LogP contribution is 2.21. The molecule has 0 radical (unpaired) electrons. The second kappa shape index (κ2) is 4.53. The Morgan fingerprint density at radius 1 is 1.21 bits per heavy atom. The number of benzene rings is 1. The van der Waals surface area contributed by atoms with Crippen molar-refractivity contribution in [3.05, 3.63) is 45.7 Å². The van der Waals surface area contributed by atoms with Crippen LogP contribution in [-0.4, -0.2) is 28.9 Å². The number of fused-ring (bicyclic) bond motifs is 1. The van der Waals surface area contributed by atoms with E-state index in [0.29, 0.717) is 11.1 Å². The monoisotopic (exact) mass is 256 g/mol. The summed E-state index contributed by atoms with van der Waals surface area (Å²) in [7, 11) is 0. The van der Waals surface area contributed by atoms with Crippen LogP contribution in [0.1, 0.15) is 28.8 Å². The number of hydrogen-bond acceptors (Lipinski definition) is 2. The minimum absolute atomic E-state index is 0.0164. The summed E-state index contributed by atoms with van der Waals surface area (Å²) in [6.07, 6.45) is 2.10. The van der Waals surface area contributed by atoms with E-state index in [2.05, 4.69) is 4.98 Å². The molecule has 0 unspecified atom stereocenters. The normalized spacial score (nSPS) is 15.1. The molecule has 1 aromatic heterocycles. The van der Waals surface area contributed by atoms with Gasteiger partial charge in [0.05, 0.1) is 5.56 Å². The molecule has 98 valence electrons. The Morgan fingerprint density at radius 2 is 1.89 bits per heavy atom. The molecule has 19 heavy (non-hydrogen) atoms. The maximum Gasteiger partial charge on any atom is 0.255 e. The highest BCUT2D eigenvalue weighted by atomic mass is 16.2. The summed E-state index contributed by atoms with van der Waals surface area (Å²) in [6.45, 7) is 3.30. The maximum atomic E-state index is 12.6. The topological polar surface area (TPSA) is 53.2 Å². The number of rotatable bonds is 1. The van der Waals surface area contributed by atoms with Crippen LogP contribution >= 0.6 is 0 Å². The number of aromatic nitrogens is 1. The zero-order chi connectivity index (χ0) is 13.4. The average Bonchev–Trinajstić information content (AvgIpc) is 2.93. The van der Waals surface area contributed by atoms with E-state index in [-0.39, 0.29) is 11.5 Å². The fourth-order valence-corrected chi connectivity index (χ4v) is 2.70. The van der Waals surface area contributed by atoms with Gasteiger partial charge in [-0.2, -0.15) is 0 Å². The number of pyridine rings is 1. The van der Waals surface area contributed by atoms with Crippen molar-refractivity contribution < 1.29 is 4.79 Å². The summed E-state index contributed by atoms with van der Waals surface area (Å²) < 4.78 is 0. The molecule has 0 bridgehead atoms. The molecule has 1 aliphatic rings. The van der Waals surface area contributed by atoms with Crippen LogP contribution in [0.2, 0.25) is 0 Å². The third-order valence-electron chi connectivity index (χ3n) is 3.77. The quantitative estimate of drug-likeness (QED) is 0.849. The summed E-state index contributed by atoms with van der Waals surface area (Å²) in [6, 6.07) is 7.47. The van der Waals surface area contributed by atoms with E-state index < -0.39 is 0 Å². The molecular formula is C15H16N2O2. The zero-order valence-corrected chi connectivity index (χ0v) is 10.9. The molecule has 1 N–H and O–H groups in total. The Labute approximate surface area is 111 Å². The van der Waals surface area contributed by atoms with Crippen LogP contribution in [0.5, 0.6) is 0 Å². The van der Waals surface area contributed by atoms with E-state index in [1.807, 2.05) is 29.2 Å². The molecule has 0 spiro atoms. The lowest BCUT2D eigenvalue weighted by Crippen LogP contribution is -2.30. The van der Waals surface area contributed by atoms with Gasteiger partial charge in [0, 0.05) is 29.6 Å². The number of hydrogen-bond donors (Lipinski definition) is 1. The van der Waals surface area contributed by atoms with Crippen LogP contribution in [0.3, 0.4) is 0 Å². The first-order valence-corrected chi connectivity index (χ1v) is 6.59. The predicted octanol–water partition coefficient (Wildman–Crippen LogP) is 2.07. The van der Waals surface area contributed by atoms with E-state index >= 15 is 0 Å². The van der Waals surface area contributed by atoms with Crippen LogP contribution in [0.25, 0.3) is 10.9 Å². The number of carbonyl (C=O) groups excluding carboxylic acids is 1. The molecule has 4 nitrogen and oxygen atoms in total. The van der Waals surface area contributed by atoms with Crippen molar-refractivity contribution >= 4 is 16.8 Å². The Morgan fingerprint density at radius 3 is 2.63 bits per heavy atom. The molecule has 1 fully saturated rings. The lowest BCUT2D eigenvalue weighted by Gasteiger charge is -2.17. The SMILES string of the molecule is Cc1c(C(=O)N2CCCC2)c2ccccc2[nH]c1=O. The van der Waals surface area contributed by atoms with Crippen molar-refractivity contribution in [3.63, 3.8) is 0 Å². The number of carbonyl (C=O) groups is 1. The number of likely N-dealkylation sites (tertiary alicyclic amines) is 1. The minimum Gasteiger partial charge on any atom is -0.339 e. The highest BCUT2D eigenvalue weighted by molar-refractivity contribution is 6.07. The smallest absolute Gasteiger partial charge is 0.255 e. The number of nitrogens with one attached hydrogen (secondary N) is 1. The predicted molar refractivity (Wildman–Crippen MR) is 74.4 cm³/mol. The standard InChI is InChI=1S/C15H16N2O2/c1-10-13(15(19)17-8-4-5-9-17)11-6-2-3-7-12(11)16-14(10)18/h2-3,6-7H,4-5,8-9H2,1H3,(H,16,18). The molecule has 3 rings (SSSR count). The van der Waals surface area contributed by atoms with E-state index in [1.165, 1.54) is 0 Å². The lowest BCUT2D eigenvalue weighted by atomic mass is 10.0. The van der Waals surface area contributed by atoms with Gasteiger partial charge in [0.25, 0.3) is 11.5 Å². The van der Waals surface area contributed by atoms with Gasteiger partial charge in [-0.15, -0.1) is 0 Å². The summed E-state index contributed by atoms with van der Waals surface area (Å²) in [5.41, 5.74) is 1.61. The summed E-state index contributed by atoms with van der Waals surface area (Å²) in [4.78, 5) is 29.2. The molecular weight excluding hydrogens is 240 g/mol. The van der Waals surface area contributed by atoms with Crippen LogP contribution in [0.4, 0.5) is 0 Å². The van der Waals surface area contributed by atoms with Crippen molar-refractivity contribution in [3.8, 4) is 0 Å². The number of amides is 1. The Kier molecular flexibility index (Phi) is 2.85. The van der Waals surface area contributed by atoms with Gasteiger partial charge in [-0.1, -0.05) is 18.2 Å². The Bertz CT molecular complexity index is 697. The zero-order valence-electron chi connectivity index (χ0n) is 10.9. The molecule has 0 atom stereocenters.